The summed E-state index contributed by atoms with van der Waals surface area (Å²) in [6.07, 6.45) is 7.36. The predicted molar refractivity (Wildman–Crippen MR) is 171 cm³/mol. The predicted octanol–water partition coefficient (Wildman–Crippen LogP) is 6.12. The zero-order valence-corrected chi connectivity index (χ0v) is 27.3. The molecule has 13 heteroatoms. The van der Waals surface area contributed by atoms with Crippen LogP contribution in [-0.4, -0.2) is 40.9 Å². The van der Waals surface area contributed by atoms with E-state index in [4.69, 9.17) is 9.15 Å². The number of unbranched alkanes of at least 4 members (excludes halogenated alkanes) is 3. The van der Waals surface area contributed by atoms with Gasteiger partial charge in [-0.3, -0.25) is 4.72 Å². The highest BCUT2D eigenvalue weighted by atomic mass is 79.9. The van der Waals surface area contributed by atoms with E-state index in [1.165, 1.54) is 18.2 Å². The van der Waals surface area contributed by atoms with Crippen molar-refractivity contribution >= 4 is 64.6 Å². The maximum Gasteiger partial charge on any atom is 0.375 e. The van der Waals surface area contributed by atoms with E-state index in [1.54, 1.807) is 31.4 Å². The molecule has 1 aromatic heterocycles. The molecule has 0 saturated carbocycles. The Kier molecular flexibility index (Phi) is 13.2. The molecule has 2 N–H and O–H groups in total. The van der Waals surface area contributed by atoms with E-state index < -0.39 is 20.1 Å². The zero-order chi connectivity index (χ0) is 31.3. The maximum absolute atomic E-state index is 12.5. The monoisotopic (exact) mass is 693 g/mol. The van der Waals surface area contributed by atoms with Gasteiger partial charge < -0.3 is 19.0 Å². The number of fused-ring (bicyclic) bond motifs is 1. The number of para-hydroxylation sites is 1. The fourth-order valence-corrected chi connectivity index (χ4v) is 6.65. The van der Waals surface area contributed by atoms with Crippen molar-refractivity contribution < 1.29 is 35.1 Å². The Balaban J connectivity index is 0.000000386. The van der Waals surface area contributed by atoms with Gasteiger partial charge in [-0.1, -0.05) is 56.5 Å². The first-order valence-corrected chi connectivity index (χ1v) is 17.5. The van der Waals surface area contributed by atoms with Gasteiger partial charge in [0.2, 0.25) is 15.6 Å². The molecule has 0 atom stereocenters. The van der Waals surface area contributed by atoms with Crippen LogP contribution in [0.3, 0.4) is 0 Å². The summed E-state index contributed by atoms with van der Waals surface area (Å²) in [6.45, 7) is 3.17. The molecule has 0 fully saturated rings. The largest absolute Gasteiger partial charge is 0.744 e. The minimum atomic E-state index is -4.33. The number of rotatable bonds is 14. The summed E-state index contributed by atoms with van der Waals surface area (Å²) in [4.78, 5) is -0.222. The molecule has 4 aromatic rings. The van der Waals surface area contributed by atoms with Crippen LogP contribution in [0, 0.1) is 0 Å². The molecule has 0 aliphatic rings. The summed E-state index contributed by atoms with van der Waals surface area (Å²) >= 11 is 2.95. The molecule has 0 aliphatic carbocycles. The van der Waals surface area contributed by atoms with Gasteiger partial charge in [0.15, 0.2) is 6.54 Å². The van der Waals surface area contributed by atoms with Crippen molar-refractivity contribution in [3.63, 3.8) is 0 Å². The summed E-state index contributed by atoms with van der Waals surface area (Å²) in [5.41, 5.74) is 2.97. The van der Waals surface area contributed by atoms with Crippen LogP contribution in [0.2, 0.25) is 0 Å². The lowest BCUT2D eigenvalue weighted by atomic mass is 10.2. The lowest BCUT2D eigenvalue weighted by Gasteiger charge is -2.07. The third-order valence-electron chi connectivity index (χ3n) is 6.14. The Morgan fingerprint density at radius 3 is 2.33 bits per heavy atom. The van der Waals surface area contributed by atoms with Gasteiger partial charge in [0.05, 0.1) is 22.4 Å². The molecule has 232 valence electrons. The number of nitrogens with one attached hydrogen (secondary N) is 2. The molecule has 0 aliphatic heterocycles. The SMILES string of the molecule is CCCCCCS(=O)(=O)Nc1ccc2oc(/C=C/Nc3ccccc3)[n+](CCOC)c2c1.O=S(=O)([O-])c1ccccc1Br. The normalized spacial score (nSPS) is 11.8. The molecule has 1 heterocycles. The van der Waals surface area contributed by atoms with Gasteiger partial charge in [-0.05, 0) is 58.7 Å². The summed E-state index contributed by atoms with van der Waals surface area (Å²) in [5, 5.41) is 3.21. The van der Waals surface area contributed by atoms with Crippen LogP contribution in [0.15, 0.2) is 92.8 Å². The quantitative estimate of drug-likeness (QED) is 0.0914. The van der Waals surface area contributed by atoms with Crippen molar-refractivity contribution in [1.82, 2.24) is 0 Å². The van der Waals surface area contributed by atoms with E-state index in [-0.39, 0.29) is 10.6 Å². The van der Waals surface area contributed by atoms with Gasteiger partial charge in [0, 0.05) is 29.5 Å². The summed E-state index contributed by atoms with van der Waals surface area (Å²) < 4.78 is 72.6. The lowest BCUT2D eigenvalue weighted by Crippen LogP contribution is -2.37. The molecular weight excluding hydrogens is 658 g/mol. The van der Waals surface area contributed by atoms with E-state index in [1.807, 2.05) is 47.2 Å². The third-order valence-corrected chi connectivity index (χ3v) is 9.37. The van der Waals surface area contributed by atoms with Crippen molar-refractivity contribution in [2.75, 3.05) is 29.5 Å². The first kappa shape index (κ1) is 34.3. The van der Waals surface area contributed by atoms with Gasteiger partial charge in [0.25, 0.3) is 5.52 Å². The van der Waals surface area contributed by atoms with Gasteiger partial charge in [-0.15, -0.1) is 0 Å². The smallest absolute Gasteiger partial charge is 0.375 e. The lowest BCUT2D eigenvalue weighted by molar-refractivity contribution is -0.679. The van der Waals surface area contributed by atoms with Crippen molar-refractivity contribution in [3.8, 4) is 0 Å². The number of nitrogens with zero attached hydrogens (tertiary/aromatic N) is 1. The first-order chi connectivity index (χ1) is 20.5. The van der Waals surface area contributed by atoms with Crippen LogP contribution in [0.5, 0.6) is 0 Å². The zero-order valence-electron chi connectivity index (χ0n) is 24.0. The van der Waals surface area contributed by atoms with Crippen LogP contribution in [0.25, 0.3) is 17.2 Å². The Bertz CT molecular complexity index is 1710. The van der Waals surface area contributed by atoms with Crippen LogP contribution < -0.4 is 14.6 Å². The van der Waals surface area contributed by atoms with E-state index >= 15 is 0 Å². The summed E-state index contributed by atoms with van der Waals surface area (Å²) in [5.74, 6) is 0.763. The second-order valence-electron chi connectivity index (χ2n) is 9.48. The molecule has 3 aromatic carbocycles. The van der Waals surface area contributed by atoms with Gasteiger partial charge in [-0.25, -0.2) is 16.8 Å². The number of oxazole rings is 1. The van der Waals surface area contributed by atoms with Gasteiger partial charge in [-0.2, -0.15) is 4.57 Å². The molecule has 43 heavy (non-hydrogen) atoms. The van der Waals surface area contributed by atoms with Crippen molar-refractivity contribution in [1.29, 1.82) is 0 Å². The number of anilines is 2. The van der Waals surface area contributed by atoms with Gasteiger partial charge in [0.1, 0.15) is 16.7 Å². The van der Waals surface area contributed by atoms with Crippen molar-refractivity contribution in [2.24, 2.45) is 0 Å². The van der Waals surface area contributed by atoms with Crippen LogP contribution >= 0.6 is 15.9 Å². The molecule has 10 nitrogen and oxygen atoms in total. The van der Waals surface area contributed by atoms with E-state index in [2.05, 4.69) is 32.9 Å². The maximum atomic E-state index is 12.5. The number of ether oxygens (including phenoxy) is 1. The number of hydrogen-bond donors (Lipinski definition) is 2. The third kappa shape index (κ3) is 11.1. The first-order valence-electron chi connectivity index (χ1n) is 13.7. The molecule has 0 unspecified atom stereocenters. The molecule has 0 radical (unpaired) electrons. The average molecular weight is 695 g/mol. The average Bonchev–Trinajstić information content (AvgIpc) is 3.31. The number of sulfonamides is 1. The fourth-order valence-electron chi connectivity index (χ4n) is 4.04. The number of hydrogen-bond acceptors (Lipinski definition) is 8. The highest BCUT2D eigenvalue weighted by Crippen LogP contribution is 2.22. The van der Waals surface area contributed by atoms with Crippen molar-refractivity contribution in [3.05, 3.63) is 89.4 Å². The second-order valence-corrected chi connectivity index (χ2v) is 13.5. The molecular formula is C30H36BrN3O7S2. The van der Waals surface area contributed by atoms with E-state index in [0.717, 1.165) is 30.5 Å². The van der Waals surface area contributed by atoms with E-state index in [0.29, 0.717) is 41.2 Å². The second kappa shape index (κ2) is 16.6. The summed E-state index contributed by atoms with van der Waals surface area (Å²) in [7, 11) is -6.07. The van der Waals surface area contributed by atoms with E-state index in [9.17, 15) is 21.4 Å². The van der Waals surface area contributed by atoms with Crippen molar-refractivity contribution in [2.45, 2.75) is 44.0 Å². The minimum Gasteiger partial charge on any atom is -0.744 e. The Morgan fingerprint density at radius 1 is 0.953 bits per heavy atom. The molecule has 0 amide bonds. The molecule has 4 rings (SSSR count). The topological polar surface area (TPSA) is 142 Å². The Morgan fingerprint density at radius 2 is 1.67 bits per heavy atom. The summed E-state index contributed by atoms with van der Waals surface area (Å²) in [6, 6.07) is 21.0. The number of benzene rings is 3. The van der Waals surface area contributed by atoms with Crippen LogP contribution in [0.1, 0.15) is 38.5 Å². The number of methoxy groups -OCH3 is 1. The minimum absolute atomic E-state index is 0.124. The van der Waals surface area contributed by atoms with Crippen LogP contribution in [-0.2, 0) is 31.4 Å². The molecule has 0 saturated heterocycles. The Hall–Kier alpha value is -3.23. The fraction of sp³-hybridized carbons (Fsp3) is 0.300. The molecule has 0 bridgehead atoms. The number of aromatic nitrogens is 1. The molecule has 0 spiro atoms. The van der Waals surface area contributed by atoms with Crippen LogP contribution in [0.4, 0.5) is 11.4 Å². The number of halogens is 1. The highest BCUT2D eigenvalue weighted by molar-refractivity contribution is 9.10. The van der Waals surface area contributed by atoms with Gasteiger partial charge >= 0.3 is 5.89 Å². The highest BCUT2D eigenvalue weighted by Gasteiger charge is 2.22. The Labute approximate surface area is 261 Å². The standard InChI is InChI=1S/C24H31N3O4S.C6H5BrO3S/c1-3-4-5-9-18-32(28,29)26-21-12-13-23-22(19-21)27(16-17-30-2)24(31-23)14-15-25-20-10-7-6-8-11-20;7-5-3-1-2-4-6(5)11(8,9)10/h6-8,10-15,19,26H,3-5,9,16-18H2,1-2H3;1-4H,(H,8,9,10).